The minimum absolute atomic E-state index is 0.242. The van der Waals surface area contributed by atoms with Crippen molar-refractivity contribution >= 4 is 5.97 Å². The van der Waals surface area contributed by atoms with E-state index in [1.807, 2.05) is 42.5 Å². The van der Waals surface area contributed by atoms with Crippen molar-refractivity contribution in [2.24, 2.45) is 5.73 Å². The summed E-state index contributed by atoms with van der Waals surface area (Å²) in [4.78, 5) is 11.5. The van der Waals surface area contributed by atoms with E-state index in [1.54, 1.807) is 19.1 Å². The summed E-state index contributed by atoms with van der Waals surface area (Å²) < 4.78 is 4.82. The molecule has 0 aliphatic heterocycles. The summed E-state index contributed by atoms with van der Waals surface area (Å²) in [5.41, 5.74) is 8.43. The van der Waals surface area contributed by atoms with E-state index in [1.165, 1.54) is 0 Å². The number of aliphatic hydroxyl groups is 1. The largest absolute Gasteiger partial charge is 0.465 e. The lowest BCUT2D eigenvalue weighted by atomic mass is 9.99. The third-order valence-corrected chi connectivity index (χ3v) is 3.26. The average molecular weight is 285 g/mol. The van der Waals surface area contributed by atoms with Gasteiger partial charge in [0.05, 0.1) is 6.61 Å². The summed E-state index contributed by atoms with van der Waals surface area (Å²) in [6, 6.07) is 16.2. The Balaban J connectivity index is 2.13. The molecule has 4 nitrogen and oxygen atoms in total. The molecule has 0 fully saturated rings. The molecule has 2 unspecified atom stereocenters. The van der Waals surface area contributed by atoms with Crippen LogP contribution in [0.3, 0.4) is 0 Å². The molecule has 2 atom stereocenters. The zero-order chi connectivity index (χ0) is 15.2. The third-order valence-electron chi connectivity index (χ3n) is 3.26. The van der Waals surface area contributed by atoms with E-state index in [0.717, 1.165) is 11.1 Å². The van der Waals surface area contributed by atoms with Crippen molar-refractivity contribution in [1.82, 2.24) is 0 Å². The zero-order valence-corrected chi connectivity index (χ0v) is 11.9. The van der Waals surface area contributed by atoms with Crippen molar-refractivity contribution in [3.63, 3.8) is 0 Å². The third kappa shape index (κ3) is 3.68. The number of carbonyl (C=O) groups is 1. The van der Waals surface area contributed by atoms with Gasteiger partial charge >= 0.3 is 5.97 Å². The minimum atomic E-state index is -1.08. The molecule has 4 heteroatoms. The van der Waals surface area contributed by atoms with Gasteiger partial charge in [0.25, 0.3) is 0 Å². The first-order chi connectivity index (χ1) is 10.1. The van der Waals surface area contributed by atoms with E-state index in [-0.39, 0.29) is 6.61 Å². The van der Waals surface area contributed by atoms with Gasteiger partial charge in [-0.15, -0.1) is 0 Å². The molecule has 0 amide bonds. The second-order valence-corrected chi connectivity index (χ2v) is 4.71. The topological polar surface area (TPSA) is 72.5 Å². The van der Waals surface area contributed by atoms with Gasteiger partial charge in [-0.05, 0) is 23.6 Å². The summed E-state index contributed by atoms with van der Waals surface area (Å²) in [6.45, 7) is 1.94. The lowest BCUT2D eigenvalue weighted by molar-refractivity contribution is -0.147. The maximum atomic E-state index is 11.5. The van der Waals surface area contributed by atoms with Crippen LogP contribution >= 0.6 is 0 Å². The molecule has 0 radical (unpaired) electrons. The summed E-state index contributed by atoms with van der Waals surface area (Å²) in [5, 5.41) is 10.1. The predicted molar refractivity (Wildman–Crippen MR) is 81.4 cm³/mol. The van der Waals surface area contributed by atoms with Crippen molar-refractivity contribution in [3.8, 4) is 11.1 Å². The first-order valence-corrected chi connectivity index (χ1v) is 6.89. The van der Waals surface area contributed by atoms with Crippen LogP contribution in [0.25, 0.3) is 11.1 Å². The highest BCUT2D eigenvalue weighted by Gasteiger charge is 2.25. The van der Waals surface area contributed by atoms with Crippen LogP contribution in [0.4, 0.5) is 0 Å². The van der Waals surface area contributed by atoms with Crippen molar-refractivity contribution in [2.45, 2.75) is 19.1 Å². The van der Waals surface area contributed by atoms with Crippen LogP contribution in [0.15, 0.2) is 54.6 Å². The van der Waals surface area contributed by atoms with Crippen LogP contribution < -0.4 is 5.73 Å². The van der Waals surface area contributed by atoms with Gasteiger partial charge in [0.2, 0.25) is 0 Å². The van der Waals surface area contributed by atoms with Crippen molar-refractivity contribution in [1.29, 1.82) is 0 Å². The van der Waals surface area contributed by atoms with Gasteiger partial charge in [0.1, 0.15) is 12.1 Å². The number of nitrogens with two attached hydrogens (primary N) is 1. The smallest absolute Gasteiger partial charge is 0.325 e. The molecule has 21 heavy (non-hydrogen) atoms. The highest BCUT2D eigenvalue weighted by molar-refractivity contribution is 5.76. The SMILES string of the molecule is CCOC(=O)C(N)C(O)c1ccc(-c2ccccc2)cc1. The van der Waals surface area contributed by atoms with Gasteiger partial charge in [0.15, 0.2) is 0 Å². The fraction of sp³-hybridized carbons (Fsp3) is 0.235. The van der Waals surface area contributed by atoms with Gasteiger partial charge < -0.3 is 15.6 Å². The molecule has 2 aromatic rings. The van der Waals surface area contributed by atoms with Crippen molar-refractivity contribution in [2.75, 3.05) is 6.61 Å². The summed E-state index contributed by atoms with van der Waals surface area (Å²) in [6.07, 6.45) is -1.08. The number of aliphatic hydroxyl groups excluding tert-OH is 1. The molecular weight excluding hydrogens is 266 g/mol. The van der Waals surface area contributed by atoms with Crippen LogP contribution in [-0.2, 0) is 9.53 Å². The number of ether oxygens (including phenoxy) is 1. The number of hydrogen-bond donors (Lipinski definition) is 2. The van der Waals surface area contributed by atoms with E-state index >= 15 is 0 Å². The molecule has 2 aromatic carbocycles. The lowest BCUT2D eigenvalue weighted by Crippen LogP contribution is -2.38. The normalized spacial score (nSPS) is 13.5. The highest BCUT2D eigenvalue weighted by Crippen LogP contribution is 2.23. The standard InChI is InChI=1S/C17H19NO3/c1-2-21-17(20)15(18)16(19)14-10-8-13(9-11-14)12-6-4-3-5-7-12/h3-11,15-16,19H,2,18H2,1H3. The number of esters is 1. The molecule has 0 saturated carbocycles. The van der Waals surface area contributed by atoms with Gasteiger partial charge in [0, 0.05) is 0 Å². The molecule has 0 aliphatic rings. The number of carbonyl (C=O) groups excluding carboxylic acids is 1. The van der Waals surface area contributed by atoms with Crippen molar-refractivity contribution in [3.05, 3.63) is 60.2 Å². The van der Waals surface area contributed by atoms with Crippen molar-refractivity contribution < 1.29 is 14.6 Å². The molecule has 0 aliphatic carbocycles. The molecule has 0 bridgehead atoms. The molecule has 2 rings (SSSR count). The van der Waals surface area contributed by atoms with Crippen LogP contribution in [0.1, 0.15) is 18.6 Å². The minimum Gasteiger partial charge on any atom is -0.465 e. The van der Waals surface area contributed by atoms with E-state index in [2.05, 4.69) is 0 Å². The molecule has 0 aromatic heterocycles. The second kappa shape index (κ2) is 7.02. The van der Waals surface area contributed by atoms with E-state index in [9.17, 15) is 9.90 Å². The summed E-state index contributed by atoms with van der Waals surface area (Å²) >= 11 is 0. The predicted octanol–water partition coefficient (Wildman–Crippen LogP) is 2.28. The molecule has 0 spiro atoms. The van der Waals surface area contributed by atoms with Crippen LogP contribution in [0.2, 0.25) is 0 Å². The Kier molecular flexibility index (Phi) is 5.09. The Labute approximate surface area is 124 Å². The van der Waals surface area contributed by atoms with E-state index < -0.39 is 18.1 Å². The van der Waals surface area contributed by atoms with Gasteiger partial charge in [-0.3, -0.25) is 4.79 Å². The van der Waals surface area contributed by atoms with Crippen LogP contribution in [0, 0.1) is 0 Å². The first-order valence-electron chi connectivity index (χ1n) is 6.89. The van der Waals surface area contributed by atoms with Crippen LogP contribution in [-0.4, -0.2) is 23.7 Å². The van der Waals surface area contributed by atoms with E-state index in [4.69, 9.17) is 10.5 Å². The van der Waals surface area contributed by atoms with E-state index in [0.29, 0.717) is 5.56 Å². The summed E-state index contributed by atoms with van der Waals surface area (Å²) in [7, 11) is 0. The quantitative estimate of drug-likeness (QED) is 0.827. The Morgan fingerprint density at radius 2 is 1.67 bits per heavy atom. The van der Waals surface area contributed by atoms with Crippen LogP contribution in [0.5, 0.6) is 0 Å². The molecular formula is C17H19NO3. The van der Waals surface area contributed by atoms with Gasteiger partial charge in [-0.2, -0.15) is 0 Å². The maximum Gasteiger partial charge on any atom is 0.325 e. The highest BCUT2D eigenvalue weighted by atomic mass is 16.5. The zero-order valence-electron chi connectivity index (χ0n) is 11.9. The summed E-state index contributed by atoms with van der Waals surface area (Å²) in [5.74, 6) is -0.600. The second-order valence-electron chi connectivity index (χ2n) is 4.71. The fourth-order valence-corrected chi connectivity index (χ4v) is 2.08. The molecule has 0 saturated heterocycles. The molecule has 3 N–H and O–H groups in total. The maximum absolute atomic E-state index is 11.5. The fourth-order valence-electron chi connectivity index (χ4n) is 2.08. The first kappa shape index (κ1) is 15.2. The number of hydrogen-bond acceptors (Lipinski definition) is 4. The Morgan fingerprint density at radius 1 is 1.10 bits per heavy atom. The average Bonchev–Trinajstić information content (AvgIpc) is 2.54. The Morgan fingerprint density at radius 3 is 2.24 bits per heavy atom. The Hall–Kier alpha value is -2.17. The van der Waals surface area contributed by atoms with Gasteiger partial charge in [-0.25, -0.2) is 0 Å². The van der Waals surface area contributed by atoms with Gasteiger partial charge in [-0.1, -0.05) is 54.6 Å². The Bertz CT molecular complexity index is 581. The monoisotopic (exact) mass is 285 g/mol. The molecule has 0 heterocycles. The molecule has 110 valence electrons. The number of benzene rings is 2. The lowest BCUT2D eigenvalue weighted by Gasteiger charge is -2.18. The number of rotatable bonds is 5.